The molecule has 1 unspecified atom stereocenters. The molecule has 6 heteroatoms. The van der Waals surface area contributed by atoms with Gasteiger partial charge in [-0.1, -0.05) is 0 Å². The summed E-state index contributed by atoms with van der Waals surface area (Å²) in [6.45, 7) is 12.4. The van der Waals surface area contributed by atoms with Gasteiger partial charge in [-0.3, -0.25) is 0 Å². The van der Waals surface area contributed by atoms with Crippen molar-refractivity contribution in [3.63, 3.8) is 0 Å². The Morgan fingerprint density at radius 3 is 2.04 bits per heavy atom. The van der Waals surface area contributed by atoms with Gasteiger partial charge < -0.3 is 29.9 Å². The molecule has 6 nitrogen and oxygen atoms in total. The SMILES string of the molecule is CN(C)CC(O)COC(C)(C)CCNC[C@H](O)COC(C)(C)C. The van der Waals surface area contributed by atoms with Gasteiger partial charge in [0, 0.05) is 13.1 Å². The number of likely N-dealkylation sites (N-methyl/N-ethyl adjacent to an activating group) is 1. The largest absolute Gasteiger partial charge is 0.389 e. The lowest BCUT2D eigenvalue weighted by molar-refractivity contribution is -0.0677. The summed E-state index contributed by atoms with van der Waals surface area (Å²) in [5, 5.41) is 22.9. The second kappa shape index (κ2) is 10.6. The lowest BCUT2D eigenvalue weighted by atomic mass is 10.1. The van der Waals surface area contributed by atoms with Gasteiger partial charge in [-0.2, -0.15) is 0 Å². The number of hydrogen-bond acceptors (Lipinski definition) is 6. The van der Waals surface area contributed by atoms with Gasteiger partial charge in [0.15, 0.2) is 0 Å². The molecule has 0 aliphatic rings. The highest BCUT2D eigenvalue weighted by molar-refractivity contribution is 4.72. The van der Waals surface area contributed by atoms with Crippen molar-refractivity contribution < 1.29 is 19.7 Å². The normalized spacial score (nSPS) is 15.9. The van der Waals surface area contributed by atoms with E-state index >= 15 is 0 Å². The molecule has 0 aromatic carbocycles. The number of ether oxygens (including phenoxy) is 2. The lowest BCUT2D eigenvalue weighted by Gasteiger charge is -2.28. The summed E-state index contributed by atoms with van der Waals surface area (Å²) in [6, 6.07) is 0. The summed E-state index contributed by atoms with van der Waals surface area (Å²) in [5.41, 5.74) is -0.544. The van der Waals surface area contributed by atoms with Crippen LogP contribution in [0.15, 0.2) is 0 Å². The van der Waals surface area contributed by atoms with Crippen molar-refractivity contribution >= 4 is 0 Å². The van der Waals surface area contributed by atoms with Gasteiger partial charge in [0.2, 0.25) is 0 Å². The molecule has 0 aliphatic heterocycles. The fourth-order valence-corrected chi connectivity index (χ4v) is 1.93. The second-order valence-corrected chi connectivity index (χ2v) is 8.02. The first kappa shape index (κ1) is 22.8. The van der Waals surface area contributed by atoms with Crippen LogP contribution in [-0.2, 0) is 9.47 Å². The van der Waals surface area contributed by atoms with Crippen LogP contribution in [0, 0.1) is 0 Å². The van der Waals surface area contributed by atoms with Crippen LogP contribution in [-0.4, -0.2) is 85.5 Å². The van der Waals surface area contributed by atoms with Crippen molar-refractivity contribution in [2.75, 3.05) is 46.9 Å². The fourth-order valence-electron chi connectivity index (χ4n) is 1.93. The van der Waals surface area contributed by atoms with Crippen LogP contribution in [0.2, 0.25) is 0 Å². The maximum Gasteiger partial charge on any atom is 0.0900 e. The Morgan fingerprint density at radius 2 is 1.52 bits per heavy atom. The van der Waals surface area contributed by atoms with E-state index in [9.17, 15) is 10.2 Å². The monoisotopic (exact) mass is 334 g/mol. The molecule has 0 bridgehead atoms. The first-order valence-corrected chi connectivity index (χ1v) is 8.41. The molecule has 0 fully saturated rings. The topological polar surface area (TPSA) is 74.2 Å². The smallest absolute Gasteiger partial charge is 0.0900 e. The van der Waals surface area contributed by atoms with Gasteiger partial charge in [0.1, 0.15) is 0 Å². The van der Waals surface area contributed by atoms with Gasteiger partial charge in [0.05, 0.1) is 36.6 Å². The highest BCUT2D eigenvalue weighted by atomic mass is 16.5. The quantitative estimate of drug-likeness (QED) is 0.460. The summed E-state index contributed by atoms with van der Waals surface area (Å²) in [5.74, 6) is 0. The Labute approximate surface area is 142 Å². The third kappa shape index (κ3) is 15.1. The van der Waals surface area contributed by atoms with Crippen molar-refractivity contribution in [1.82, 2.24) is 10.2 Å². The number of hydrogen-bond donors (Lipinski definition) is 3. The number of nitrogens with one attached hydrogen (secondary N) is 1. The van der Waals surface area contributed by atoms with E-state index in [0.717, 1.165) is 13.0 Å². The van der Waals surface area contributed by atoms with Crippen molar-refractivity contribution in [2.24, 2.45) is 0 Å². The molecule has 0 saturated heterocycles. The molecular weight excluding hydrogens is 296 g/mol. The highest BCUT2D eigenvalue weighted by Crippen LogP contribution is 2.14. The summed E-state index contributed by atoms with van der Waals surface area (Å²) in [4.78, 5) is 1.93. The van der Waals surface area contributed by atoms with Gasteiger partial charge in [-0.25, -0.2) is 0 Å². The third-order valence-corrected chi connectivity index (χ3v) is 3.23. The summed E-state index contributed by atoms with van der Waals surface area (Å²) >= 11 is 0. The molecule has 2 atom stereocenters. The predicted molar refractivity (Wildman–Crippen MR) is 93.8 cm³/mol. The van der Waals surface area contributed by atoms with E-state index in [2.05, 4.69) is 5.32 Å². The lowest BCUT2D eigenvalue weighted by Crippen LogP contribution is -2.38. The molecule has 0 aliphatic carbocycles. The van der Waals surface area contributed by atoms with Crippen LogP contribution in [0.3, 0.4) is 0 Å². The van der Waals surface area contributed by atoms with Crippen molar-refractivity contribution in [3.05, 3.63) is 0 Å². The Balaban J connectivity index is 3.80. The Kier molecular flexibility index (Phi) is 10.5. The zero-order valence-corrected chi connectivity index (χ0v) is 16.1. The van der Waals surface area contributed by atoms with E-state index in [-0.39, 0.29) is 11.2 Å². The molecule has 0 spiro atoms. The first-order chi connectivity index (χ1) is 10.4. The van der Waals surface area contributed by atoms with E-state index in [1.54, 1.807) is 0 Å². The minimum atomic E-state index is -0.514. The molecular formula is C17H38N2O4. The van der Waals surface area contributed by atoms with Gasteiger partial charge >= 0.3 is 0 Å². The minimum Gasteiger partial charge on any atom is -0.389 e. The zero-order valence-electron chi connectivity index (χ0n) is 16.1. The molecule has 23 heavy (non-hydrogen) atoms. The van der Waals surface area contributed by atoms with Crippen LogP contribution in [0.4, 0.5) is 0 Å². The van der Waals surface area contributed by atoms with Crippen LogP contribution in [0.25, 0.3) is 0 Å². The highest BCUT2D eigenvalue weighted by Gasteiger charge is 2.20. The van der Waals surface area contributed by atoms with Crippen LogP contribution >= 0.6 is 0 Å². The standard InChI is InChI=1S/C17H38N2O4/c1-16(2,3)22-12-14(20)10-18-9-8-17(4,5)23-13-15(21)11-19(6)7/h14-15,18,20-21H,8-13H2,1-7H3/t14-,15?/m0/s1. The molecule has 0 aromatic heterocycles. The van der Waals surface area contributed by atoms with E-state index in [0.29, 0.717) is 26.3 Å². The molecule has 3 N–H and O–H groups in total. The summed E-state index contributed by atoms with van der Waals surface area (Å²) in [7, 11) is 3.85. The van der Waals surface area contributed by atoms with E-state index in [1.165, 1.54) is 0 Å². The molecule has 0 amide bonds. The number of aliphatic hydroxyl groups excluding tert-OH is 2. The second-order valence-electron chi connectivity index (χ2n) is 8.02. The summed E-state index contributed by atoms with van der Waals surface area (Å²) < 4.78 is 11.3. The number of aliphatic hydroxyl groups is 2. The van der Waals surface area contributed by atoms with E-state index in [4.69, 9.17) is 9.47 Å². The fraction of sp³-hybridized carbons (Fsp3) is 1.00. The van der Waals surface area contributed by atoms with Crippen LogP contribution < -0.4 is 5.32 Å². The molecule has 0 rings (SSSR count). The maximum absolute atomic E-state index is 9.85. The van der Waals surface area contributed by atoms with E-state index in [1.807, 2.05) is 53.6 Å². The average Bonchev–Trinajstić information content (AvgIpc) is 2.38. The van der Waals surface area contributed by atoms with Crippen molar-refractivity contribution in [3.8, 4) is 0 Å². The van der Waals surface area contributed by atoms with Crippen LogP contribution in [0.5, 0.6) is 0 Å². The van der Waals surface area contributed by atoms with E-state index < -0.39 is 12.2 Å². The molecule has 0 saturated carbocycles. The van der Waals surface area contributed by atoms with Gasteiger partial charge in [0.25, 0.3) is 0 Å². The Bertz CT molecular complexity index is 303. The Hall–Kier alpha value is -0.240. The Morgan fingerprint density at radius 1 is 0.957 bits per heavy atom. The third-order valence-electron chi connectivity index (χ3n) is 3.23. The van der Waals surface area contributed by atoms with Crippen molar-refractivity contribution in [2.45, 2.75) is 64.4 Å². The van der Waals surface area contributed by atoms with Crippen molar-refractivity contribution in [1.29, 1.82) is 0 Å². The molecule has 0 heterocycles. The molecule has 0 aromatic rings. The summed E-state index contributed by atoms with van der Waals surface area (Å²) in [6.07, 6.45) is -0.192. The zero-order chi connectivity index (χ0) is 18.1. The minimum absolute atomic E-state index is 0.232. The van der Waals surface area contributed by atoms with Crippen LogP contribution in [0.1, 0.15) is 41.0 Å². The first-order valence-electron chi connectivity index (χ1n) is 8.41. The van der Waals surface area contributed by atoms with Gasteiger partial charge in [-0.05, 0) is 61.7 Å². The average molecular weight is 335 g/mol. The molecule has 140 valence electrons. The number of rotatable bonds is 12. The maximum atomic E-state index is 9.85. The van der Waals surface area contributed by atoms with Gasteiger partial charge in [-0.15, -0.1) is 0 Å². The predicted octanol–water partition coefficient (Wildman–Crippen LogP) is 0.860. The number of nitrogens with zero attached hydrogens (tertiary/aromatic N) is 1. The molecule has 0 radical (unpaired) electrons.